The summed E-state index contributed by atoms with van der Waals surface area (Å²) < 4.78 is 0. The van der Waals surface area contributed by atoms with Crippen molar-refractivity contribution in [2.24, 2.45) is 0 Å². The first kappa shape index (κ1) is 9.44. The van der Waals surface area contributed by atoms with E-state index in [0.29, 0.717) is 0 Å². The first-order chi connectivity index (χ1) is 6.26. The van der Waals surface area contributed by atoms with Crippen LogP contribution in [0.2, 0.25) is 0 Å². The summed E-state index contributed by atoms with van der Waals surface area (Å²) >= 11 is 0. The molecule has 13 heavy (non-hydrogen) atoms. The van der Waals surface area contributed by atoms with Gasteiger partial charge in [-0.25, -0.2) is 0 Å². The minimum Gasteiger partial charge on any atom is -0.394 e. The summed E-state index contributed by atoms with van der Waals surface area (Å²) in [5.74, 6) is 0. The molecule has 0 amide bonds. The summed E-state index contributed by atoms with van der Waals surface area (Å²) in [6.45, 7) is 0.218. The largest absolute Gasteiger partial charge is 0.394 e. The average Bonchev–Trinajstić information content (AvgIpc) is 2.44. The summed E-state index contributed by atoms with van der Waals surface area (Å²) in [6, 6.07) is 0.229. The van der Waals surface area contributed by atoms with E-state index in [2.05, 4.69) is 5.32 Å². The van der Waals surface area contributed by atoms with Crippen LogP contribution < -0.4 is 5.32 Å². The first-order valence-electron chi connectivity index (χ1n) is 5.32. The predicted molar refractivity (Wildman–Crippen MR) is 50.4 cm³/mol. The molecule has 2 saturated carbocycles. The molecule has 0 aromatic carbocycles. The zero-order chi connectivity index (χ0) is 9.31. The van der Waals surface area contributed by atoms with Gasteiger partial charge >= 0.3 is 0 Å². The molecule has 2 fully saturated rings. The Morgan fingerprint density at radius 3 is 2.38 bits per heavy atom. The second kappa shape index (κ2) is 3.56. The van der Waals surface area contributed by atoms with Crippen LogP contribution >= 0.6 is 0 Å². The third-order valence-corrected chi connectivity index (χ3v) is 3.58. The Morgan fingerprint density at radius 2 is 2.00 bits per heavy atom. The average molecular weight is 185 g/mol. The minimum absolute atomic E-state index is 0.0456. The van der Waals surface area contributed by atoms with Crippen molar-refractivity contribution in [2.45, 2.75) is 56.2 Å². The molecular formula is C10H19NO2. The van der Waals surface area contributed by atoms with Crippen LogP contribution in [0.5, 0.6) is 0 Å². The van der Waals surface area contributed by atoms with E-state index in [1.165, 1.54) is 6.42 Å². The number of aliphatic hydroxyl groups is 2. The number of aliphatic hydroxyl groups excluding tert-OH is 2. The van der Waals surface area contributed by atoms with E-state index in [1.807, 2.05) is 0 Å². The molecule has 2 rings (SSSR count). The molecule has 0 bridgehead atoms. The van der Waals surface area contributed by atoms with Gasteiger partial charge < -0.3 is 15.5 Å². The van der Waals surface area contributed by atoms with E-state index in [9.17, 15) is 10.2 Å². The molecule has 0 unspecified atom stereocenters. The van der Waals surface area contributed by atoms with Gasteiger partial charge in [-0.2, -0.15) is 0 Å². The lowest BCUT2D eigenvalue weighted by Crippen LogP contribution is -2.59. The standard InChI is InChI=1S/C10H19NO2/c12-7-10(5-2-6-10)11-8-3-1-4-9(8)13/h8-9,11-13H,1-7H2/t8-,9-/m0/s1. The van der Waals surface area contributed by atoms with E-state index in [1.54, 1.807) is 0 Å². The topological polar surface area (TPSA) is 52.5 Å². The van der Waals surface area contributed by atoms with Gasteiger partial charge in [-0.1, -0.05) is 0 Å². The highest BCUT2D eigenvalue weighted by atomic mass is 16.3. The van der Waals surface area contributed by atoms with Gasteiger partial charge in [-0.3, -0.25) is 0 Å². The number of rotatable bonds is 3. The zero-order valence-corrected chi connectivity index (χ0v) is 8.00. The smallest absolute Gasteiger partial charge is 0.0693 e. The highest BCUT2D eigenvalue weighted by molar-refractivity contribution is 4.99. The maximum atomic E-state index is 9.62. The molecule has 2 aliphatic carbocycles. The lowest BCUT2D eigenvalue weighted by atomic mass is 9.76. The number of hydrogen-bond donors (Lipinski definition) is 3. The fourth-order valence-electron chi connectivity index (χ4n) is 2.45. The third kappa shape index (κ3) is 1.73. The van der Waals surface area contributed by atoms with Gasteiger partial charge in [-0.05, 0) is 38.5 Å². The van der Waals surface area contributed by atoms with Gasteiger partial charge in [-0.15, -0.1) is 0 Å². The van der Waals surface area contributed by atoms with Crippen LogP contribution in [0, 0.1) is 0 Å². The Morgan fingerprint density at radius 1 is 1.23 bits per heavy atom. The van der Waals surface area contributed by atoms with Crippen molar-refractivity contribution in [2.75, 3.05) is 6.61 Å². The van der Waals surface area contributed by atoms with E-state index < -0.39 is 0 Å². The molecule has 0 aromatic rings. The lowest BCUT2D eigenvalue weighted by Gasteiger charge is -2.43. The predicted octanol–water partition coefficient (Wildman–Crippen LogP) is 0.404. The molecule has 0 aromatic heterocycles. The lowest BCUT2D eigenvalue weighted by molar-refractivity contribution is 0.0504. The highest BCUT2D eigenvalue weighted by Crippen LogP contribution is 2.33. The molecule has 76 valence electrons. The van der Waals surface area contributed by atoms with Crippen LogP contribution in [0.15, 0.2) is 0 Å². The molecule has 0 aliphatic heterocycles. The molecule has 3 nitrogen and oxygen atoms in total. The summed E-state index contributed by atoms with van der Waals surface area (Å²) in [7, 11) is 0. The van der Waals surface area contributed by atoms with Crippen LogP contribution in [0.3, 0.4) is 0 Å². The van der Waals surface area contributed by atoms with E-state index in [-0.39, 0.29) is 24.3 Å². The number of nitrogens with one attached hydrogen (secondary N) is 1. The van der Waals surface area contributed by atoms with Crippen molar-refractivity contribution >= 4 is 0 Å². The second-order valence-corrected chi connectivity index (χ2v) is 4.54. The summed E-state index contributed by atoms with van der Waals surface area (Å²) in [4.78, 5) is 0. The van der Waals surface area contributed by atoms with Gasteiger partial charge in [0.1, 0.15) is 0 Å². The SMILES string of the molecule is OCC1(N[C@H]2CCC[C@@H]2O)CCC1. The molecule has 0 spiro atoms. The van der Waals surface area contributed by atoms with E-state index in [4.69, 9.17) is 0 Å². The Bertz CT molecular complexity index is 174. The molecule has 3 N–H and O–H groups in total. The van der Waals surface area contributed by atoms with Crippen LogP contribution in [0.1, 0.15) is 38.5 Å². The maximum Gasteiger partial charge on any atom is 0.0693 e. The van der Waals surface area contributed by atoms with Crippen molar-refractivity contribution in [1.82, 2.24) is 5.32 Å². The summed E-state index contributed by atoms with van der Waals surface area (Å²) in [5.41, 5.74) is -0.0456. The quantitative estimate of drug-likeness (QED) is 0.596. The molecule has 0 saturated heterocycles. The van der Waals surface area contributed by atoms with E-state index >= 15 is 0 Å². The fraction of sp³-hybridized carbons (Fsp3) is 1.00. The van der Waals surface area contributed by atoms with Gasteiger partial charge in [0.05, 0.1) is 12.7 Å². The van der Waals surface area contributed by atoms with Gasteiger partial charge in [0.25, 0.3) is 0 Å². The Kier molecular flexibility index (Phi) is 2.58. The molecule has 3 heteroatoms. The van der Waals surface area contributed by atoms with Gasteiger partial charge in [0, 0.05) is 11.6 Å². The molecule has 0 radical (unpaired) electrons. The van der Waals surface area contributed by atoms with Gasteiger partial charge in [0.2, 0.25) is 0 Å². The van der Waals surface area contributed by atoms with Crippen molar-refractivity contribution in [3.63, 3.8) is 0 Å². The Labute approximate surface area is 79.2 Å². The monoisotopic (exact) mass is 185 g/mol. The Balaban J connectivity index is 1.88. The summed E-state index contributed by atoms with van der Waals surface area (Å²) in [5, 5.41) is 22.3. The van der Waals surface area contributed by atoms with Crippen LogP contribution in [-0.2, 0) is 0 Å². The fourth-order valence-corrected chi connectivity index (χ4v) is 2.45. The number of hydrogen-bond acceptors (Lipinski definition) is 3. The third-order valence-electron chi connectivity index (χ3n) is 3.58. The maximum absolute atomic E-state index is 9.62. The van der Waals surface area contributed by atoms with E-state index in [0.717, 1.165) is 32.1 Å². The van der Waals surface area contributed by atoms with Crippen LogP contribution in [0.4, 0.5) is 0 Å². The van der Waals surface area contributed by atoms with Crippen molar-refractivity contribution < 1.29 is 10.2 Å². The first-order valence-corrected chi connectivity index (χ1v) is 5.32. The molecule has 2 atom stereocenters. The minimum atomic E-state index is -0.191. The van der Waals surface area contributed by atoms with Crippen molar-refractivity contribution in [3.05, 3.63) is 0 Å². The highest BCUT2D eigenvalue weighted by Gasteiger charge is 2.40. The van der Waals surface area contributed by atoms with Crippen LogP contribution in [0.25, 0.3) is 0 Å². The zero-order valence-electron chi connectivity index (χ0n) is 8.00. The van der Waals surface area contributed by atoms with Crippen LogP contribution in [-0.4, -0.2) is 34.5 Å². The second-order valence-electron chi connectivity index (χ2n) is 4.54. The summed E-state index contributed by atoms with van der Waals surface area (Å²) in [6.07, 6.45) is 6.22. The van der Waals surface area contributed by atoms with Gasteiger partial charge in [0.15, 0.2) is 0 Å². The van der Waals surface area contributed by atoms with Crippen molar-refractivity contribution in [3.8, 4) is 0 Å². The molecule has 2 aliphatic rings. The normalized spacial score (nSPS) is 37.4. The van der Waals surface area contributed by atoms with Crippen molar-refractivity contribution in [1.29, 1.82) is 0 Å². The molecule has 0 heterocycles. The Hall–Kier alpha value is -0.120. The molecular weight excluding hydrogens is 166 g/mol.